The molecular formula is C20H30N2O2. The second kappa shape index (κ2) is 8.52. The maximum atomic E-state index is 12.6. The maximum Gasteiger partial charge on any atom is 0.317 e. The molecule has 0 spiro atoms. The van der Waals surface area contributed by atoms with E-state index < -0.39 is 0 Å². The van der Waals surface area contributed by atoms with Gasteiger partial charge in [-0.25, -0.2) is 4.79 Å². The Bertz CT molecular complexity index is 508. The van der Waals surface area contributed by atoms with Gasteiger partial charge < -0.3 is 15.3 Å². The lowest BCUT2D eigenvalue weighted by atomic mass is 9.82. The normalized spacial score (nSPS) is 23.7. The monoisotopic (exact) mass is 330 g/mol. The number of carbonyl (C=O) groups excluding carboxylic acids is 1. The molecule has 0 bridgehead atoms. The van der Waals surface area contributed by atoms with Gasteiger partial charge >= 0.3 is 6.03 Å². The second-order valence-electron chi connectivity index (χ2n) is 7.26. The minimum absolute atomic E-state index is 0.110. The van der Waals surface area contributed by atoms with E-state index in [2.05, 4.69) is 35.6 Å². The van der Waals surface area contributed by atoms with E-state index in [9.17, 15) is 4.79 Å². The molecule has 0 saturated heterocycles. The summed E-state index contributed by atoms with van der Waals surface area (Å²) in [5.41, 5.74) is 1.44. The summed E-state index contributed by atoms with van der Waals surface area (Å²) in [4.78, 5) is 14.6. The van der Waals surface area contributed by atoms with Gasteiger partial charge in [0.25, 0.3) is 0 Å². The quantitative estimate of drug-likeness (QED) is 0.750. The number of nitrogens with zero attached hydrogens (tertiary/aromatic N) is 1. The Hall–Kier alpha value is -1.55. The van der Waals surface area contributed by atoms with E-state index >= 15 is 0 Å². The fourth-order valence-electron chi connectivity index (χ4n) is 3.78. The van der Waals surface area contributed by atoms with Gasteiger partial charge in [0, 0.05) is 25.2 Å². The van der Waals surface area contributed by atoms with Crippen molar-refractivity contribution in [3.05, 3.63) is 35.9 Å². The van der Waals surface area contributed by atoms with Crippen LogP contribution < -0.4 is 5.32 Å². The highest BCUT2D eigenvalue weighted by Gasteiger charge is 2.33. The van der Waals surface area contributed by atoms with E-state index in [0.717, 1.165) is 57.9 Å². The average molecular weight is 330 g/mol. The van der Waals surface area contributed by atoms with Crippen LogP contribution in [0.5, 0.6) is 0 Å². The Balaban J connectivity index is 1.45. The highest BCUT2D eigenvalue weighted by Crippen LogP contribution is 2.33. The molecule has 132 valence electrons. The van der Waals surface area contributed by atoms with Crippen LogP contribution in [0.15, 0.2) is 30.3 Å². The van der Waals surface area contributed by atoms with Crippen LogP contribution in [0.1, 0.15) is 62.8 Å². The first-order valence-electron chi connectivity index (χ1n) is 9.51. The van der Waals surface area contributed by atoms with Crippen molar-refractivity contribution in [2.45, 2.75) is 69.4 Å². The highest BCUT2D eigenvalue weighted by atomic mass is 16.3. The molecule has 2 amide bonds. The first-order valence-corrected chi connectivity index (χ1v) is 9.51. The van der Waals surface area contributed by atoms with Crippen LogP contribution in [0.2, 0.25) is 0 Å². The molecule has 2 saturated carbocycles. The number of aliphatic hydroxyl groups excluding tert-OH is 1. The first-order chi connectivity index (χ1) is 11.8. The lowest BCUT2D eigenvalue weighted by Crippen LogP contribution is -2.47. The van der Waals surface area contributed by atoms with Crippen molar-refractivity contribution < 1.29 is 9.90 Å². The van der Waals surface area contributed by atoms with E-state index in [0.29, 0.717) is 18.0 Å². The van der Waals surface area contributed by atoms with Crippen molar-refractivity contribution in [2.75, 3.05) is 13.2 Å². The zero-order valence-corrected chi connectivity index (χ0v) is 14.5. The molecule has 1 aromatic rings. The summed E-state index contributed by atoms with van der Waals surface area (Å²) < 4.78 is 0. The summed E-state index contributed by atoms with van der Waals surface area (Å²) in [6.45, 7) is 0.986. The van der Waals surface area contributed by atoms with E-state index in [1.807, 2.05) is 4.90 Å². The van der Waals surface area contributed by atoms with Gasteiger partial charge in [0.15, 0.2) is 0 Å². The van der Waals surface area contributed by atoms with Gasteiger partial charge in [0.2, 0.25) is 0 Å². The molecule has 0 aliphatic heterocycles. The van der Waals surface area contributed by atoms with Crippen LogP contribution >= 0.6 is 0 Å². The fraction of sp³-hybridized carbons (Fsp3) is 0.650. The number of unbranched alkanes of at least 4 members (excludes halogenated alkanes) is 1. The van der Waals surface area contributed by atoms with Gasteiger partial charge in [-0.15, -0.1) is 0 Å². The molecule has 2 aliphatic rings. The summed E-state index contributed by atoms with van der Waals surface area (Å²) >= 11 is 0. The molecule has 0 radical (unpaired) electrons. The molecule has 0 heterocycles. The topological polar surface area (TPSA) is 52.6 Å². The van der Waals surface area contributed by atoms with Crippen LogP contribution in [0, 0.1) is 0 Å². The minimum Gasteiger partial charge on any atom is -0.396 e. The summed E-state index contributed by atoms with van der Waals surface area (Å²) in [6, 6.07) is 11.6. The molecule has 2 N–H and O–H groups in total. The van der Waals surface area contributed by atoms with Gasteiger partial charge in [0.1, 0.15) is 0 Å². The number of hydrogen-bond donors (Lipinski definition) is 2. The third-order valence-corrected chi connectivity index (χ3v) is 5.38. The SMILES string of the molecule is O=C(NC1CCC(c2ccccc2)CC1)N(CCCCO)C1CC1. The summed E-state index contributed by atoms with van der Waals surface area (Å²) in [5.74, 6) is 0.642. The van der Waals surface area contributed by atoms with E-state index in [4.69, 9.17) is 5.11 Å². The largest absolute Gasteiger partial charge is 0.396 e. The van der Waals surface area contributed by atoms with Crippen molar-refractivity contribution in [3.8, 4) is 0 Å². The molecule has 4 nitrogen and oxygen atoms in total. The van der Waals surface area contributed by atoms with Crippen LogP contribution in [0.4, 0.5) is 4.79 Å². The number of benzene rings is 1. The third-order valence-electron chi connectivity index (χ3n) is 5.38. The zero-order chi connectivity index (χ0) is 16.8. The second-order valence-corrected chi connectivity index (χ2v) is 7.26. The molecule has 0 unspecified atom stereocenters. The van der Waals surface area contributed by atoms with Crippen LogP contribution in [0.3, 0.4) is 0 Å². The Labute approximate surface area is 145 Å². The Morgan fingerprint density at radius 1 is 1.04 bits per heavy atom. The number of urea groups is 1. The number of amides is 2. The average Bonchev–Trinajstić information content (AvgIpc) is 3.45. The molecule has 24 heavy (non-hydrogen) atoms. The fourth-order valence-corrected chi connectivity index (χ4v) is 3.78. The minimum atomic E-state index is 0.110. The molecule has 4 heteroatoms. The van der Waals surface area contributed by atoms with E-state index in [1.165, 1.54) is 5.56 Å². The van der Waals surface area contributed by atoms with Gasteiger partial charge in [-0.3, -0.25) is 0 Å². The van der Waals surface area contributed by atoms with Crippen molar-refractivity contribution in [3.63, 3.8) is 0 Å². The van der Waals surface area contributed by atoms with E-state index in [-0.39, 0.29) is 12.6 Å². The predicted octanol–water partition coefficient (Wildman–Crippen LogP) is 3.66. The molecule has 0 atom stereocenters. The van der Waals surface area contributed by atoms with Gasteiger partial charge in [-0.1, -0.05) is 30.3 Å². The van der Waals surface area contributed by atoms with Crippen LogP contribution in [0.25, 0.3) is 0 Å². The highest BCUT2D eigenvalue weighted by molar-refractivity contribution is 5.75. The summed E-state index contributed by atoms with van der Waals surface area (Å²) in [5, 5.41) is 12.2. The Morgan fingerprint density at radius 2 is 1.75 bits per heavy atom. The standard InChI is InChI=1S/C20H30N2O2/c23-15-5-4-14-22(19-12-13-19)20(24)21-18-10-8-17(9-11-18)16-6-2-1-3-7-16/h1-3,6-7,17-19,23H,4-5,8-15H2,(H,21,24). The summed E-state index contributed by atoms with van der Waals surface area (Å²) in [6.07, 6.45) is 8.38. The van der Waals surface area contributed by atoms with Crippen molar-refractivity contribution in [1.82, 2.24) is 10.2 Å². The van der Waals surface area contributed by atoms with Gasteiger partial charge in [-0.05, 0) is 62.8 Å². The maximum absolute atomic E-state index is 12.6. The zero-order valence-electron chi connectivity index (χ0n) is 14.5. The number of aliphatic hydroxyl groups is 1. The van der Waals surface area contributed by atoms with Crippen LogP contribution in [-0.4, -0.2) is 41.3 Å². The molecule has 2 fully saturated rings. The number of hydrogen-bond acceptors (Lipinski definition) is 2. The third kappa shape index (κ3) is 4.73. The van der Waals surface area contributed by atoms with Gasteiger partial charge in [-0.2, -0.15) is 0 Å². The Morgan fingerprint density at radius 3 is 2.38 bits per heavy atom. The first kappa shape index (κ1) is 17.3. The summed E-state index contributed by atoms with van der Waals surface area (Å²) in [7, 11) is 0. The lowest BCUT2D eigenvalue weighted by molar-refractivity contribution is 0.182. The number of nitrogens with one attached hydrogen (secondary N) is 1. The lowest BCUT2D eigenvalue weighted by Gasteiger charge is -2.32. The van der Waals surface area contributed by atoms with Crippen LogP contribution in [-0.2, 0) is 0 Å². The van der Waals surface area contributed by atoms with Crippen molar-refractivity contribution in [1.29, 1.82) is 0 Å². The van der Waals surface area contributed by atoms with Crippen molar-refractivity contribution in [2.24, 2.45) is 0 Å². The Kier molecular flexibility index (Phi) is 6.13. The van der Waals surface area contributed by atoms with E-state index in [1.54, 1.807) is 0 Å². The van der Waals surface area contributed by atoms with Crippen molar-refractivity contribution >= 4 is 6.03 Å². The smallest absolute Gasteiger partial charge is 0.317 e. The number of carbonyl (C=O) groups is 1. The molecule has 2 aliphatic carbocycles. The molecule has 1 aromatic carbocycles. The molecule has 3 rings (SSSR count). The molecule has 0 aromatic heterocycles. The molecular weight excluding hydrogens is 300 g/mol. The van der Waals surface area contributed by atoms with Gasteiger partial charge in [0.05, 0.1) is 0 Å². The number of rotatable bonds is 7. The predicted molar refractivity (Wildman–Crippen MR) is 96.0 cm³/mol.